The van der Waals surface area contributed by atoms with Gasteiger partial charge < -0.3 is 9.15 Å². The lowest BCUT2D eigenvalue weighted by Gasteiger charge is -2.06. The summed E-state index contributed by atoms with van der Waals surface area (Å²) < 4.78 is 10.5. The molecule has 0 radical (unpaired) electrons. The molecule has 1 N–H and O–H groups in total. The zero-order valence-electron chi connectivity index (χ0n) is 16.2. The summed E-state index contributed by atoms with van der Waals surface area (Å²) in [6.07, 6.45) is 0. The Hall–Kier alpha value is -4.14. The van der Waals surface area contributed by atoms with E-state index in [-0.39, 0.29) is 17.5 Å². The Morgan fingerprint density at radius 1 is 0.967 bits per heavy atom. The Morgan fingerprint density at radius 3 is 2.47 bits per heavy atom. The Kier molecular flexibility index (Phi) is 5.17. The van der Waals surface area contributed by atoms with E-state index in [1.54, 1.807) is 30.3 Å². The molecule has 2 aromatic carbocycles. The molecule has 2 heterocycles. The first-order valence-corrected chi connectivity index (χ1v) is 9.10. The maximum absolute atomic E-state index is 12.3. The molecule has 150 valence electrons. The van der Waals surface area contributed by atoms with Crippen LogP contribution in [-0.2, 0) is 9.53 Å². The molecule has 0 fully saturated rings. The molecule has 0 bridgehead atoms. The van der Waals surface area contributed by atoms with Gasteiger partial charge in [-0.15, -0.1) is 5.10 Å². The summed E-state index contributed by atoms with van der Waals surface area (Å²) in [6.45, 7) is 3.21. The van der Waals surface area contributed by atoms with Crippen molar-refractivity contribution in [3.05, 3.63) is 65.5 Å². The zero-order valence-corrected chi connectivity index (χ0v) is 16.2. The number of ether oxygens (including phenoxy) is 1. The van der Waals surface area contributed by atoms with E-state index in [4.69, 9.17) is 9.15 Å². The van der Waals surface area contributed by atoms with Crippen LogP contribution >= 0.6 is 0 Å². The maximum Gasteiger partial charge on any atom is 0.338 e. The number of hydrogen-bond acceptors (Lipinski definition) is 8. The molecular formula is C21H17N5O4. The predicted molar refractivity (Wildman–Crippen MR) is 108 cm³/mol. The number of benzene rings is 2. The van der Waals surface area contributed by atoms with Gasteiger partial charge in [0.15, 0.2) is 6.61 Å². The second kappa shape index (κ2) is 8.08. The lowest BCUT2D eigenvalue weighted by Crippen LogP contribution is -2.21. The molecule has 4 aromatic rings. The number of nitrogens with zero attached hydrogens (tertiary/aromatic N) is 4. The molecule has 0 atom stereocenters. The highest BCUT2D eigenvalue weighted by Crippen LogP contribution is 2.19. The lowest BCUT2D eigenvalue weighted by atomic mass is 10.2. The number of amides is 1. The molecule has 0 unspecified atom stereocenters. The molecule has 1 amide bonds. The smallest absolute Gasteiger partial charge is 0.338 e. The minimum Gasteiger partial charge on any atom is -0.452 e. The third kappa shape index (κ3) is 4.14. The number of aryl methyl sites for hydroxylation is 2. The van der Waals surface area contributed by atoms with Gasteiger partial charge in [-0.3, -0.25) is 10.1 Å². The van der Waals surface area contributed by atoms with Crippen molar-refractivity contribution in [2.24, 2.45) is 0 Å². The van der Waals surface area contributed by atoms with Gasteiger partial charge in [0.25, 0.3) is 5.91 Å². The first-order valence-electron chi connectivity index (χ1n) is 9.10. The van der Waals surface area contributed by atoms with Gasteiger partial charge in [-0.2, -0.15) is 0 Å². The van der Waals surface area contributed by atoms with Gasteiger partial charge in [0.2, 0.25) is 5.89 Å². The first-order chi connectivity index (χ1) is 14.5. The topological polar surface area (TPSA) is 120 Å². The normalized spacial score (nSPS) is 10.7. The van der Waals surface area contributed by atoms with Gasteiger partial charge >= 0.3 is 12.0 Å². The molecule has 0 saturated carbocycles. The second-order valence-electron chi connectivity index (χ2n) is 6.50. The quantitative estimate of drug-likeness (QED) is 0.505. The molecule has 4 rings (SSSR count). The summed E-state index contributed by atoms with van der Waals surface area (Å²) in [6, 6.07) is 13.9. The van der Waals surface area contributed by atoms with Crippen molar-refractivity contribution in [2.75, 3.05) is 11.9 Å². The highest BCUT2D eigenvalue weighted by atomic mass is 16.5. The minimum absolute atomic E-state index is 0.0817. The number of hydrogen-bond donors (Lipinski definition) is 1. The lowest BCUT2D eigenvalue weighted by molar-refractivity contribution is -0.119. The van der Waals surface area contributed by atoms with Crippen LogP contribution in [0.3, 0.4) is 0 Å². The molecule has 0 saturated heterocycles. The van der Waals surface area contributed by atoms with E-state index in [1.165, 1.54) is 0 Å². The van der Waals surface area contributed by atoms with Crippen molar-refractivity contribution < 1.29 is 18.7 Å². The van der Waals surface area contributed by atoms with E-state index in [1.807, 2.05) is 32.0 Å². The van der Waals surface area contributed by atoms with Crippen molar-refractivity contribution >= 4 is 28.9 Å². The van der Waals surface area contributed by atoms with Gasteiger partial charge in [-0.1, -0.05) is 23.3 Å². The van der Waals surface area contributed by atoms with E-state index >= 15 is 0 Å². The molecule has 30 heavy (non-hydrogen) atoms. The number of carbonyl (C=O) groups is 2. The molecule has 0 aliphatic rings. The SMILES string of the molecule is Cc1nc2ccc(C(=O)OCC(=O)Nc3nnc(-c4ccccc4)o3)cc2nc1C. The van der Waals surface area contributed by atoms with Crippen molar-refractivity contribution in [1.29, 1.82) is 0 Å². The highest BCUT2D eigenvalue weighted by molar-refractivity contribution is 5.96. The Balaban J connectivity index is 1.37. The molecular weight excluding hydrogens is 386 g/mol. The Bertz CT molecular complexity index is 1240. The van der Waals surface area contributed by atoms with Crippen LogP contribution in [0.1, 0.15) is 21.7 Å². The van der Waals surface area contributed by atoms with Crippen LogP contribution in [0, 0.1) is 13.8 Å². The number of esters is 1. The van der Waals surface area contributed by atoms with Gasteiger partial charge in [-0.25, -0.2) is 14.8 Å². The highest BCUT2D eigenvalue weighted by Gasteiger charge is 2.15. The fourth-order valence-corrected chi connectivity index (χ4v) is 2.70. The molecule has 9 nitrogen and oxygen atoms in total. The van der Waals surface area contributed by atoms with Crippen molar-refractivity contribution in [2.45, 2.75) is 13.8 Å². The van der Waals surface area contributed by atoms with Gasteiger partial charge in [0.05, 0.1) is 28.0 Å². The van der Waals surface area contributed by atoms with Crippen LogP contribution in [0.15, 0.2) is 52.9 Å². The summed E-state index contributed by atoms with van der Waals surface area (Å²) in [4.78, 5) is 33.2. The third-order valence-corrected chi connectivity index (χ3v) is 4.34. The van der Waals surface area contributed by atoms with Gasteiger partial charge in [0, 0.05) is 5.56 Å². The zero-order chi connectivity index (χ0) is 21.1. The van der Waals surface area contributed by atoms with Crippen molar-refractivity contribution in [3.63, 3.8) is 0 Å². The van der Waals surface area contributed by atoms with E-state index in [2.05, 4.69) is 25.5 Å². The van der Waals surface area contributed by atoms with Crippen LogP contribution < -0.4 is 5.32 Å². The molecule has 9 heteroatoms. The van der Waals surface area contributed by atoms with Crippen LogP contribution in [-0.4, -0.2) is 38.6 Å². The second-order valence-corrected chi connectivity index (χ2v) is 6.50. The Labute approximate surface area is 171 Å². The number of rotatable bonds is 5. The molecule has 0 aliphatic heterocycles. The average molecular weight is 403 g/mol. The molecule has 2 aromatic heterocycles. The van der Waals surface area contributed by atoms with Crippen molar-refractivity contribution in [3.8, 4) is 11.5 Å². The summed E-state index contributed by atoms with van der Waals surface area (Å²) in [5.74, 6) is -0.980. The first kappa shape index (κ1) is 19.2. The number of aromatic nitrogens is 4. The van der Waals surface area contributed by atoms with Crippen LogP contribution in [0.5, 0.6) is 0 Å². The monoisotopic (exact) mass is 403 g/mol. The third-order valence-electron chi connectivity index (χ3n) is 4.34. The van der Waals surface area contributed by atoms with Crippen LogP contribution in [0.25, 0.3) is 22.5 Å². The number of anilines is 1. The Morgan fingerprint density at radius 2 is 1.70 bits per heavy atom. The largest absolute Gasteiger partial charge is 0.452 e. The van der Waals surface area contributed by atoms with Gasteiger partial charge in [0.1, 0.15) is 0 Å². The summed E-state index contributed by atoms with van der Waals surface area (Å²) in [7, 11) is 0. The van der Waals surface area contributed by atoms with Crippen LogP contribution in [0.2, 0.25) is 0 Å². The predicted octanol–water partition coefficient (Wildman–Crippen LogP) is 3.09. The number of nitrogens with one attached hydrogen (secondary N) is 1. The molecule has 0 spiro atoms. The fourth-order valence-electron chi connectivity index (χ4n) is 2.70. The van der Waals surface area contributed by atoms with E-state index in [9.17, 15) is 9.59 Å². The maximum atomic E-state index is 12.3. The standard InChI is InChI=1S/C21H17N5O4/c1-12-13(2)23-17-10-15(8-9-16(17)22-12)20(28)29-11-18(27)24-21-26-25-19(30-21)14-6-4-3-5-7-14/h3-10H,11H2,1-2H3,(H,24,26,27). The number of fused-ring (bicyclic) bond motifs is 1. The van der Waals surface area contributed by atoms with Gasteiger partial charge in [-0.05, 0) is 44.2 Å². The van der Waals surface area contributed by atoms with Crippen LogP contribution in [0.4, 0.5) is 6.01 Å². The van der Waals surface area contributed by atoms with E-state index < -0.39 is 18.5 Å². The fraction of sp³-hybridized carbons (Fsp3) is 0.143. The summed E-state index contributed by atoms with van der Waals surface area (Å²) in [5.41, 5.74) is 3.86. The molecule has 0 aliphatic carbocycles. The summed E-state index contributed by atoms with van der Waals surface area (Å²) >= 11 is 0. The number of carbonyl (C=O) groups excluding carboxylic acids is 2. The van der Waals surface area contributed by atoms with E-state index in [0.717, 1.165) is 17.0 Å². The summed E-state index contributed by atoms with van der Waals surface area (Å²) in [5, 5.41) is 10.0. The van der Waals surface area contributed by atoms with E-state index in [0.29, 0.717) is 11.0 Å². The average Bonchev–Trinajstić information content (AvgIpc) is 3.21. The minimum atomic E-state index is -0.650. The van der Waals surface area contributed by atoms with Crippen molar-refractivity contribution in [1.82, 2.24) is 20.2 Å².